The fourth-order valence-corrected chi connectivity index (χ4v) is 5.06. The number of benzene rings is 2. The number of ether oxygens (including phenoxy) is 1. The second-order valence-electron chi connectivity index (χ2n) is 8.57. The van der Waals surface area contributed by atoms with Crippen molar-refractivity contribution in [2.24, 2.45) is 0 Å². The summed E-state index contributed by atoms with van der Waals surface area (Å²) >= 11 is 0. The normalized spacial score (nSPS) is 12.1. The van der Waals surface area contributed by atoms with Crippen molar-refractivity contribution in [3.05, 3.63) is 59.2 Å². The van der Waals surface area contributed by atoms with E-state index in [2.05, 4.69) is 5.32 Å². The number of rotatable bonds is 12. The quantitative estimate of drug-likeness (QED) is 0.479. The third kappa shape index (κ3) is 7.45. The van der Waals surface area contributed by atoms with Gasteiger partial charge in [-0.1, -0.05) is 31.2 Å². The number of likely N-dealkylation sites (N-methyl/N-ethyl adjacent to an activating group) is 1. The summed E-state index contributed by atoms with van der Waals surface area (Å²) in [5.41, 5.74) is 3.33. The highest BCUT2D eigenvalue weighted by molar-refractivity contribution is 7.92. The molecule has 0 fully saturated rings. The van der Waals surface area contributed by atoms with Crippen molar-refractivity contribution in [2.75, 3.05) is 31.3 Å². The van der Waals surface area contributed by atoms with E-state index in [0.29, 0.717) is 24.3 Å². The number of anilines is 1. The Hall–Kier alpha value is -3.07. The van der Waals surface area contributed by atoms with Gasteiger partial charge in [-0.25, -0.2) is 8.42 Å². The van der Waals surface area contributed by atoms with Crippen molar-refractivity contribution in [2.45, 2.75) is 52.6 Å². The zero-order valence-electron chi connectivity index (χ0n) is 21.5. The summed E-state index contributed by atoms with van der Waals surface area (Å²) in [4.78, 5) is 27.5. The number of aryl methyl sites for hydroxylation is 1. The first-order valence-electron chi connectivity index (χ1n) is 11.7. The van der Waals surface area contributed by atoms with Gasteiger partial charge in [0.05, 0.1) is 19.1 Å². The Bertz CT molecular complexity index is 1130. The van der Waals surface area contributed by atoms with Gasteiger partial charge in [0.1, 0.15) is 11.8 Å². The third-order valence-electron chi connectivity index (χ3n) is 6.12. The Morgan fingerprint density at radius 3 is 2.40 bits per heavy atom. The predicted octanol–water partition coefficient (Wildman–Crippen LogP) is 3.41. The minimum atomic E-state index is -3.54. The molecule has 2 aromatic carbocycles. The number of hydrogen-bond donors (Lipinski definition) is 1. The maximum atomic E-state index is 13.4. The number of methoxy groups -OCH3 is 1. The van der Waals surface area contributed by atoms with Gasteiger partial charge in [0.25, 0.3) is 0 Å². The predicted molar refractivity (Wildman–Crippen MR) is 139 cm³/mol. The molecular weight excluding hydrogens is 466 g/mol. The van der Waals surface area contributed by atoms with Crippen LogP contribution in [0.15, 0.2) is 42.5 Å². The molecule has 192 valence electrons. The minimum absolute atomic E-state index is 0.106. The SMILES string of the molecule is CCC(C(=O)NC)N(Cc1cccc(OC)c1)C(=O)CCCN(c1cccc(C)c1C)S(C)(=O)=O. The van der Waals surface area contributed by atoms with Gasteiger partial charge < -0.3 is 15.0 Å². The van der Waals surface area contributed by atoms with E-state index in [1.54, 1.807) is 25.1 Å². The standard InChI is InChI=1S/C26H37N3O5S/c1-7-23(26(31)27-4)28(18-21-12-9-13-22(17-21)34-5)25(30)15-10-16-29(35(6,32)33)24-14-8-11-19(2)20(24)3/h8-9,11-14,17,23H,7,10,15-16,18H2,1-6H3,(H,27,31). The van der Waals surface area contributed by atoms with E-state index in [9.17, 15) is 18.0 Å². The largest absolute Gasteiger partial charge is 0.497 e. The third-order valence-corrected chi connectivity index (χ3v) is 7.30. The van der Waals surface area contributed by atoms with Gasteiger partial charge in [0.2, 0.25) is 21.8 Å². The number of amides is 2. The van der Waals surface area contributed by atoms with Gasteiger partial charge in [-0.05, 0) is 61.6 Å². The van der Waals surface area contributed by atoms with Gasteiger partial charge >= 0.3 is 0 Å². The number of sulfonamides is 1. The monoisotopic (exact) mass is 503 g/mol. The van der Waals surface area contributed by atoms with E-state index in [1.165, 1.54) is 10.6 Å². The summed E-state index contributed by atoms with van der Waals surface area (Å²) in [6.45, 7) is 6.09. The summed E-state index contributed by atoms with van der Waals surface area (Å²) in [7, 11) is -0.416. The first-order valence-corrected chi connectivity index (χ1v) is 13.6. The molecule has 0 aliphatic rings. The zero-order chi connectivity index (χ0) is 26.2. The maximum Gasteiger partial charge on any atom is 0.242 e. The Balaban J connectivity index is 2.24. The molecule has 0 heterocycles. The summed E-state index contributed by atoms with van der Waals surface area (Å²) in [6.07, 6.45) is 2.05. The average Bonchev–Trinajstić information content (AvgIpc) is 2.82. The van der Waals surface area contributed by atoms with Gasteiger partial charge in [-0.3, -0.25) is 13.9 Å². The van der Waals surface area contributed by atoms with E-state index in [0.717, 1.165) is 16.7 Å². The van der Waals surface area contributed by atoms with Crippen molar-refractivity contribution in [1.82, 2.24) is 10.2 Å². The molecule has 0 aromatic heterocycles. The molecular formula is C26H37N3O5S. The van der Waals surface area contributed by atoms with Crippen LogP contribution in [0.25, 0.3) is 0 Å². The molecule has 2 aromatic rings. The average molecular weight is 504 g/mol. The lowest BCUT2D eigenvalue weighted by atomic mass is 10.1. The number of nitrogens with zero attached hydrogens (tertiary/aromatic N) is 2. The summed E-state index contributed by atoms with van der Waals surface area (Å²) in [5, 5.41) is 2.64. The van der Waals surface area contributed by atoms with Gasteiger partial charge in [-0.2, -0.15) is 0 Å². The molecule has 9 heteroatoms. The molecule has 1 atom stereocenters. The fourth-order valence-electron chi connectivity index (χ4n) is 4.04. The number of carbonyl (C=O) groups is 2. The summed E-state index contributed by atoms with van der Waals surface area (Å²) < 4.78 is 31.8. The second kappa shape index (κ2) is 12.6. The van der Waals surface area contributed by atoms with Gasteiger partial charge in [0, 0.05) is 26.6 Å². The van der Waals surface area contributed by atoms with E-state index < -0.39 is 16.1 Å². The molecule has 35 heavy (non-hydrogen) atoms. The van der Waals surface area contributed by atoms with E-state index in [1.807, 2.05) is 57.2 Å². The van der Waals surface area contributed by atoms with Crippen LogP contribution in [0, 0.1) is 13.8 Å². The lowest BCUT2D eigenvalue weighted by Gasteiger charge is -2.31. The van der Waals surface area contributed by atoms with Crippen LogP contribution in [0.4, 0.5) is 5.69 Å². The Labute approximate surface area is 209 Å². The Kier molecular flexibility index (Phi) is 10.1. The van der Waals surface area contributed by atoms with Crippen molar-refractivity contribution >= 4 is 27.5 Å². The smallest absolute Gasteiger partial charge is 0.242 e. The second-order valence-corrected chi connectivity index (χ2v) is 10.5. The molecule has 0 radical (unpaired) electrons. The Morgan fingerprint density at radius 2 is 1.80 bits per heavy atom. The summed E-state index contributed by atoms with van der Waals surface area (Å²) in [5.74, 6) is 0.217. The van der Waals surface area contributed by atoms with Crippen LogP contribution in [-0.4, -0.2) is 58.1 Å². The van der Waals surface area contributed by atoms with Crippen LogP contribution < -0.4 is 14.4 Å². The zero-order valence-corrected chi connectivity index (χ0v) is 22.3. The summed E-state index contributed by atoms with van der Waals surface area (Å²) in [6, 6.07) is 12.3. The molecule has 1 unspecified atom stereocenters. The van der Waals surface area contributed by atoms with Crippen LogP contribution in [0.2, 0.25) is 0 Å². The number of hydrogen-bond acceptors (Lipinski definition) is 5. The molecule has 2 rings (SSSR count). The topological polar surface area (TPSA) is 96.0 Å². The van der Waals surface area contributed by atoms with Crippen molar-refractivity contribution in [1.29, 1.82) is 0 Å². The molecule has 0 aliphatic carbocycles. The van der Waals surface area contributed by atoms with E-state index in [-0.39, 0.29) is 31.3 Å². The van der Waals surface area contributed by atoms with Crippen LogP contribution in [0.3, 0.4) is 0 Å². The molecule has 8 nitrogen and oxygen atoms in total. The van der Waals surface area contributed by atoms with Crippen molar-refractivity contribution < 1.29 is 22.7 Å². The first kappa shape index (κ1) is 28.2. The Morgan fingerprint density at radius 1 is 1.11 bits per heavy atom. The molecule has 2 amide bonds. The minimum Gasteiger partial charge on any atom is -0.497 e. The molecule has 0 bridgehead atoms. The van der Waals surface area contributed by atoms with Crippen LogP contribution in [0.5, 0.6) is 5.75 Å². The number of carbonyl (C=O) groups excluding carboxylic acids is 2. The van der Waals surface area contributed by atoms with Gasteiger partial charge in [-0.15, -0.1) is 0 Å². The van der Waals surface area contributed by atoms with Gasteiger partial charge in [0.15, 0.2) is 0 Å². The maximum absolute atomic E-state index is 13.4. The van der Waals surface area contributed by atoms with E-state index in [4.69, 9.17) is 4.74 Å². The lowest BCUT2D eigenvalue weighted by molar-refractivity contribution is -0.141. The molecule has 0 aliphatic heterocycles. The van der Waals surface area contributed by atoms with E-state index >= 15 is 0 Å². The van der Waals surface area contributed by atoms with Crippen LogP contribution in [-0.2, 0) is 26.2 Å². The lowest BCUT2D eigenvalue weighted by Crippen LogP contribution is -2.48. The molecule has 1 N–H and O–H groups in total. The number of nitrogens with one attached hydrogen (secondary N) is 1. The van der Waals surface area contributed by atoms with Crippen LogP contribution >= 0.6 is 0 Å². The fraction of sp³-hybridized carbons (Fsp3) is 0.462. The van der Waals surface area contributed by atoms with Crippen molar-refractivity contribution in [3.63, 3.8) is 0 Å². The highest BCUT2D eigenvalue weighted by Crippen LogP contribution is 2.26. The van der Waals surface area contributed by atoms with Crippen LogP contribution in [0.1, 0.15) is 42.9 Å². The van der Waals surface area contributed by atoms with Crippen molar-refractivity contribution in [3.8, 4) is 5.75 Å². The first-order chi connectivity index (χ1) is 16.5. The highest BCUT2D eigenvalue weighted by atomic mass is 32.2. The molecule has 0 spiro atoms. The highest BCUT2D eigenvalue weighted by Gasteiger charge is 2.28. The molecule has 0 saturated heterocycles. The molecule has 0 saturated carbocycles.